The molecular weight excluding hydrogens is 326 g/mol. The van der Waals surface area contributed by atoms with Crippen molar-refractivity contribution in [2.24, 2.45) is 11.5 Å². The Morgan fingerprint density at radius 2 is 1.67 bits per heavy atom. The van der Waals surface area contributed by atoms with Crippen LogP contribution >= 0.6 is 0 Å². The largest absolute Gasteiger partial charge is 0.324 e. The van der Waals surface area contributed by atoms with E-state index >= 15 is 0 Å². The Kier molecular flexibility index (Phi) is 5.08. The molecule has 0 aliphatic rings. The van der Waals surface area contributed by atoms with Gasteiger partial charge < -0.3 is 5.32 Å². The fraction of sp³-hybridized carbons (Fsp3) is 0.235. The van der Waals surface area contributed by atoms with Crippen molar-refractivity contribution in [2.75, 3.05) is 6.26 Å². The van der Waals surface area contributed by atoms with Crippen LogP contribution in [0.3, 0.4) is 0 Å². The van der Waals surface area contributed by atoms with Crippen LogP contribution < -0.4 is 16.8 Å². The Morgan fingerprint density at radius 1 is 1.08 bits per heavy atom. The van der Waals surface area contributed by atoms with Crippen LogP contribution in [0.5, 0.6) is 0 Å². The second kappa shape index (κ2) is 6.72. The van der Waals surface area contributed by atoms with Gasteiger partial charge >= 0.3 is 0 Å². The maximum absolute atomic E-state index is 12.2. The van der Waals surface area contributed by atoms with E-state index in [1.165, 1.54) is 6.07 Å². The molecule has 0 aromatic heterocycles. The van der Waals surface area contributed by atoms with Crippen molar-refractivity contribution in [1.29, 1.82) is 0 Å². The zero-order valence-corrected chi connectivity index (χ0v) is 14.6. The van der Waals surface area contributed by atoms with Gasteiger partial charge in [-0.25, -0.2) is 8.42 Å². The molecule has 0 bridgehead atoms. The lowest BCUT2D eigenvalue weighted by atomic mass is 9.98. The summed E-state index contributed by atoms with van der Waals surface area (Å²) in [7, 11) is -3.54. The molecule has 0 radical (unpaired) electrons. The molecule has 0 saturated carbocycles. The van der Waals surface area contributed by atoms with Gasteiger partial charge in [0, 0.05) is 17.4 Å². The first-order valence-electron chi connectivity index (χ1n) is 7.33. The van der Waals surface area contributed by atoms with Gasteiger partial charge in [-0.15, -0.1) is 0 Å². The van der Waals surface area contributed by atoms with E-state index < -0.39 is 22.0 Å². The monoisotopic (exact) mass is 347 g/mol. The number of hydrogen-bond donors (Lipinski definition) is 3. The quantitative estimate of drug-likeness (QED) is 0.721. The van der Waals surface area contributed by atoms with Crippen LogP contribution in [-0.4, -0.2) is 26.9 Å². The molecule has 0 saturated heterocycles. The number of benzene rings is 2. The minimum absolute atomic E-state index is 0.0905. The van der Waals surface area contributed by atoms with Crippen molar-refractivity contribution in [3.8, 4) is 11.1 Å². The van der Waals surface area contributed by atoms with E-state index in [1.54, 1.807) is 13.0 Å². The van der Waals surface area contributed by atoms with Crippen LogP contribution in [0.4, 0.5) is 0 Å². The maximum Gasteiger partial charge on any atom is 0.253 e. The van der Waals surface area contributed by atoms with Crippen molar-refractivity contribution < 1.29 is 13.2 Å². The number of hydrogen-bond acceptors (Lipinski definition) is 5. The normalized spacial score (nSPS) is 11.6. The molecule has 5 N–H and O–H groups in total. The van der Waals surface area contributed by atoms with E-state index in [9.17, 15) is 13.2 Å². The lowest BCUT2D eigenvalue weighted by Crippen LogP contribution is -2.48. The van der Waals surface area contributed by atoms with E-state index in [4.69, 9.17) is 11.5 Å². The maximum atomic E-state index is 12.2. The molecule has 7 heteroatoms. The smallest absolute Gasteiger partial charge is 0.253 e. The number of carbonyl (C=O) groups is 1. The highest BCUT2D eigenvalue weighted by atomic mass is 32.2. The van der Waals surface area contributed by atoms with E-state index in [1.807, 2.05) is 31.2 Å². The minimum Gasteiger partial charge on any atom is -0.324 e. The molecule has 0 unspecified atom stereocenters. The van der Waals surface area contributed by atoms with Gasteiger partial charge in [0.1, 0.15) is 6.29 Å². The third kappa shape index (κ3) is 4.00. The number of amides is 1. The van der Waals surface area contributed by atoms with Crippen molar-refractivity contribution in [1.82, 2.24) is 5.32 Å². The molecule has 0 atom stereocenters. The van der Waals surface area contributed by atoms with E-state index in [-0.39, 0.29) is 10.5 Å². The molecule has 128 valence electrons. The summed E-state index contributed by atoms with van der Waals surface area (Å²) in [5.41, 5.74) is 14.0. The van der Waals surface area contributed by atoms with E-state index in [0.29, 0.717) is 11.1 Å². The van der Waals surface area contributed by atoms with Crippen LogP contribution in [0.1, 0.15) is 21.5 Å². The van der Waals surface area contributed by atoms with Gasteiger partial charge in [-0.1, -0.05) is 29.8 Å². The highest BCUT2D eigenvalue weighted by Gasteiger charge is 2.20. The number of nitrogens with one attached hydrogen (secondary N) is 1. The Bertz CT molecular complexity index is 873. The average Bonchev–Trinajstić information content (AvgIpc) is 2.45. The summed E-state index contributed by atoms with van der Waals surface area (Å²) in [4.78, 5) is 12.3. The van der Waals surface area contributed by atoms with Gasteiger partial charge in [-0.05, 0) is 37.1 Å². The Morgan fingerprint density at radius 3 is 2.17 bits per heavy atom. The van der Waals surface area contributed by atoms with Crippen molar-refractivity contribution in [3.63, 3.8) is 0 Å². The predicted octanol–water partition coefficient (Wildman–Crippen LogP) is 1.30. The summed E-state index contributed by atoms with van der Waals surface area (Å²) in [5.74, 6) is -0.511. The zero-order valence-electron chi connectivity index (χ0n) is 13.8. The number of aryl methyl sites for hydroxylation is 2. The molecule has 0 heterocycles. The molecular formula is C17H21N3O3S. The van der Waals surface area contributed by atoms with Gasteiger partial charge in [0.25, 0.3) is 5.91 Å². The lowest BCUT2D eigenvalue weighted by Gasteiger charge is -2.15. The Hall–Kier alpha value is -2.22. The fourth-order valence-electron chi connectivity index (χ4n) is 2.43. The summed E-state index contributed by atoms with van der Waals surface area (Å²) < 4.78 is 24.4. The van der Waals surface area contributed by atoms with Crippen LogP contribution in [0, 0.1) is 13.8 Å². The molecule has 2 aromatic carbocycles. The minimum atomic E-state index is -3.54. The first-order valence-corrected chi connectivity index (χ1v) is 9.22. The van der Waals surface area contributed by atoms with Gasteiger partial charge in [0.15, 0.2) is 9.84 Å². The Balaban J connectivity index is 2.67. The summed E-state index contributed by atoms with van der Waals surface area (Å²) in [6, 6.07) is 10.6. The number of sulfone groups is 1. The molecule has 6 nitrogen and oxygen atoms in total. The second-order valence-electron chi connectivity index (χ2n) is 5.80. The molecule has 1 amide bonds. The van der Waals surface area contributed by atoms with Crippen LogP contribution in [-0.2, 0) is 9.84 Å². The summed E-state index contributed by atoms with van der Waals surface area (Å²) in [6.07, 6.45) is 0.0986. The fourth-order valence-corrected chi connectivity index (χ4v) is 3.34. The predicted molar refractivity (Wildman–Crippen MR) is 94.1 cm³/mol. The Labute approximate surface area is 141 Å². The van der Waals surface area contributed by atoms with Gasteiger partial charge in [0.2, 0.25) is 0 Å². The van der Waals surface area contributed by atoms with Gasteiger partial charge in [0.05, 0.1) is 4.90 Å². The van der Waals surface area contributed by atoms with Crippen molar-refractivity contribution in [3.05, 3.63) is 53.1 Å². The first-order chi connectivity index (χ1) is 11.1. The average molecular weight is 347 g/mol. The van der Waals surface area contributed by atoms with Crippen molar-refractivity contribution in [2.45, 2.75) is 25.0 Å². The van der Waals surface area contributed by atoms with Gasteiger partial charge in [-0.3, -0.25) is 16.3 Å². The highest BCUT2D eigenvalue weighted by molar-refractivity contribution is 7.90. The molecule has 2 aromatic rings. The molecule has 0 spiro atoms. The summed E-state index contributed by atoms with van der Waals surface area (Å²) in [5, 5.41) is 2.37. The molecule has 24 heavy (non-hydrogen) atoms. The topological polar surface area (TPSA) is 115 Å². The third-order valence-corrected chi connectivity index (χ3v) is 4.77. The zero-order chi connectivity index (χ0) is 18.1. The molecule has 0 aliphatic heterocycles. The lowest BCUT2D eigenvalue weighted by molar-refractivity contribution is 0.0938. The SMILES string of the molecule is Cc1ccc(-c2cc(C)c(C(=O)NC(N)N)cc2S(C)(=O)=O)cc1. The van der Waals surface area contributed by atoms with Crippen LogP contribution in [0.15, 0.2) is 41.3 Å². The van der Waals surface area contributed by atoms with E-state index in [2.05, 4.69) is 5.32 Å². The van der Waals surface area contributed by atoms with Crippen LogP contribution in [0.2, 0.25) is 0 Å². The number of rotatable bonds is 4. The highest BCUT2D eigenvalue weighted by Crippen LogP contribution is 2.30. The van der Waals surface area contributed by atoms with E-state index in [0.717, 1.165) is 17.4 Å². The van der Waals surface area contributed by atoms with Crippen LogP contribution in [0.25, 0.3) is 11.1 Å². The molecule has 0 aliphatic carbocycles. The standard InChI is InChI=1S/C17H21N3O3S/c1-10-4-6-12(7-5-10)14-8-11(2)13(16(21)20-17(18)19)9-15(14)24(3,22)23/h4-9,17H,18-19H2,1-3H3,(H,20,21). The first kappa shape index (κ1) is 18.1. The summed E-state index contributed by atoms with van der Waals surface area (Å²) in [6.45, 7) is 3.69. The molecule has 2 rings (SSSR count). The molecule has 0 fully saturated rings. The number of carbonyl (C=O) groups excluding carboxylic acids is 1. The second-order valence-corrected chi connectivity index (χ2v) is 7.78. The third-order valence-electron chi connectivity index (χ3n) is 3.63. The van der Waals surface area contributed by atoms with Crippen molar-refractivity contribution >= 4 is 15.7 Å². The summed E-state index contributed by atoms with van der Waals surface area (Å²) >= 11 is 0. The van der Waals surface area contributed by atoms with Gasteiger partial charge in [-0.2, -0.15) is 0 Å². The number of nitrogens with two attached hydrogens (primary N) is 2.